The van der Waals surface area contributed by atoms with E-state index >= 15 is 0 Å². The quantitative estimate of drug-likeness (QED) is 0.893. The van der Waals surface area contributed by atoms with Gasteiger partial charge in [-0.25, -0.2) is 9.78 Å². The number of hydrogen-bond donors (Lipinski definition) is 1. The Hall–Kier alpha value is -1.89. The van der Waals surface area contributed by atoms with Gasteiger partial charge in [-0.1, -0.05) is 0 Å². The molecule has 1 unspecified atom stereocenters. The van der Waals surface area contributed by atoms with Crippen LogP contribution in [0.3, 0.4) is 0 Å². The smallest absolute Gasteiger partial charge is 0.410 e. The van der Waals surface area contributed by atoms with Gasteiger partial charge in [0.15, 0.2) is 0 Å². The van der Waals surface area contributed by atoms with Crippen LogP contribution in [-0.4, -0.2) is 52.8 Å². The molecule has 0 aromatic carbocycles. The minimum Gasteiger partial charge on any atom is -0.480 e. The predicted octanol–water partition coefficient (Wildman–Crippen LogP) is 1.97. The lowest BCUT2D eigenvalue weighted by atomic mass is 10.2. The van der Waals surface area contributed by atoms with Gasteiger partial charge in [0.05, 0.1) is 7.11 Å². The second-order valence-electron chi connectivity index (χ2n) is 6.61. The Labute approximate surface area is 137 Å². The predicted molar refractivity (Wildman–Crippen MR) is 86.3 cm³/mol. The van der Waals surface area contributed by atoms with Crippen molar-refractivity contribution in [3.05, 3.63) is 18.1 Å². The largest absolute Gasteiger partial charge is 0.480 e. The number of likely N-dealkylation sites (tertiary alicyclic amines) is 1. The number of aromatic nitrogens is 2. The van der Waals surface area contributed by atoms with Gasteiger partial charge in [0.1, 0.15) is 11.3 Å². The molecule has 23 heavy (non-hydrogen) atoms. The van der Waals surface area contributed by atoms with Gasteiger partial charge in [-0.3, -0.25) is 4.98 Å². The minimum atomic E-state index is -0.468. The van der Waals surface area contributed by atoms with Gasteiger partial charge in [0.2, 0.25) is 5.88 Å². The van der Waals surface area contributed by atoms with Crippen LogP contribution in [0.15, 0.2) is 12.4 Å². The monoisotopic (exact) mass is 322 g/mol. The molecule has 1 aliphatic heterocycles. The van der Waals surface area contributed by atoms with Gasteiger partial charge in [0.25, 0.3) is 0 Å². The summed E-state index contributed by atoms with van der Waals surface area (Å²) >= 11 is 0. The summed E-state index contributed by atoms with van der Waals surface area (Å²) < 4.78 is 10.7. The van der Waals surface area contributed by atoms with Crippen molar-refractivity contribution in [2.45, 2.75) is 51.8 Å². The fraction of sp³-hybridized carbons (Fsp3) is 0.688. The Balaban J connectivity index is 1.86. The lowest BCUT2D eigenvalue weighted by molar-refractivity contribution is 0.0226. The topological polar surface area (TPSA) is 76.6 Å². The summed E-state index contributed by atoms with van der Waals surface area (Å²) in [5.41, 5.74) is 0.293. The van der Waals surface area contributed by atoms with E-state index in [4.69, 9.17) is 9.47 Å². The Bertz CT molecular complexity index is 530. The van der Waals surface area contributed by atoms with Crippen LogP contribution >= 0.6 is 0 Å². The zero-order valence-electron chi connectivity index (χ0n) is 14.3. The van der Waals surface area contributed by atoms with Crippen molar-refractivity contribution >= 4 is 6.09 Å². The van der Waals surface area contributed by atoms with Gasteiger partial charge in [-0.05, 0) is 33.6 Å². The Morgan fingerprint density at radius 3 is 2.83 bits per heavy atom. The molecule has 0 aliphatic carbocycles. The fourth-order valence-electron chi connectivity index (χ4n) is 2.61. The summed E-state index contributed by atoms with van der Waals surface area (Å²) in [5, 5.41) is 3.33. The number of amides is 1. The van der Waals surface area contributed by atoms with Crippen LogP contribution in [0.4, 0.5) is 4.79 Å². The third-order valence-corrected chi connectivity index (χ3v) is 3.61. The maximum Gasteiger partial charge on any atom is 0.410 e. The summed E-state index contributed by atoms with van der Waals surface area (Å²) in [5.74, 6) is 0.524. The molecule has 1 fully saturated rings. The van der Waals surface area contributed by atoms with Crippen LogP contribution in [0.2, 0.25) is 0 Å². The zero-order chi connectivity index (χ0) is 16.9. The number of carbonyl (C=O) groups is 1. The van der Waals surface area contributed by atoms with Gasteiger partial charge >= 0.3 is 6.09 Å². The van der Waals surface area contributed by atoms with Crippen LogP contribution in [0.1, 0.15) is 39.3 Å². The van der Waals surface area contributed by atoms with Gasteiger partial charge in [-0.15, -0.1) is 0 Å². The lowest BCUT2D eigenvalue weighted by Crippen LogP contribution is -2.44. The Morgan fingerprint density at radius 1 is 1.39 bits per heavy atom. The first-order valence-corrected chi connectivity index (χ1v) is 7.95. The number of ether oxygens (including phenoxy) is 2. The van der Waals surface area contributed by atoms with Crippen molar-refractivity contribution in [2.24, 2.45) is 0 Å². The summed E-state index contributed by atoms with van der Waals surface area (Å²) in [6.07, 6.45) is 4.98. The molecule has 1 atom stereocenters. The van der Waals surface area contributed by atoms with Gasteiger partial charge in [-0.2, -0.15) is 0 Å². The number of rotatable bonds is 5. The summed E-state index contributed by atoms with van der Waals surface area (Å²) in [7, 11) is 1.58. The lowest BCUT2D eigenvalue weighted by Gasteiger charge is -2.28. The first-order chi connectivity index (χ1) is 10.9. The van der Waals surface area contributed by atoms with E-state index in [0.29, 0.717) is 19.0 Å². The van der Waals surface area contributed by atoms with Crippen molar-refractivity contribution in [2.75, 3.05) is 20.2 Å². The molecule has 7 heteroatoms. The number of methoxy groups -OCH3 is 1. The summed E-state index contributed by atoms with van der Waals surface area (Å²) in [6, 6.07) is 0.146. The molecule has 2 heterocycles. The van der Waals surface area contributed by atoms with Crippen LogP contribution in [0.25, 0.3) is 0 Å². The van der Waals surface area contributed by atoms with Crippen molar-refractivity contribution in [1.82, 2.24) is 20.2 Å². The molecular formula is C16H26N4O3. The normalized spacial score (nSPS) is 18.1. The van der Waals surface area contributed by atoms with Crippen molar-refractivity contribution < 1.29 is 14.3 Å². The number of hydrogen-bond acceptors (Lipinski definition) is 6. The van der Waals surface area contributed by atoms with E-state index in [-0.39, 0.29) is 12.1 Å². The fourth-order valence-corrected chi connectivity index (χ4v) is 2.61. The van der Waals surface area contributed by atoms with E-state index in [9.17, 15) is 4.79 Å². The van der Waals surface area contributed by atoms with Crippen LogP contribution in [0, 0.1) is 0 Å². The highest BCUT2D eigenvalue weighted by molar-refractivity contribution is 5.69. The molecule has 1 aliphatic rings. The molecule has 0 bridgehead atoms. The maximum absolute atomic E-state index is 12.2. The standard InChI is InChI=1S/C16H26N4O3/c1-16(2,3)23-15(21)20-9-5-6-12(20)10-17-11-13-14(22-4)19-8-7-18-13/h7-8,12,17H,5-6,9-11H2,1-4H3. The molecule has 1 saturated heterocycles. The summed E-state index contributed by atoms with van der Waals surface area (Å²) in [4.78, 5) is 22.4. The molecule has 128 valence electrons. The molecule has 2 rings (SSSR count). The zero-order valence-corrected chi connectivity index (χ0v) is 14.3. The molecule has 0 saturated carbocycles. The van der Waals surface area contributed by atoms with E-state index < -0.39 is 5.60 Å². The molecule has 0 spiro atoms. The number of carbonyl (C=O) groups excluding carboxylic acids is 1. The average Bonchev–Trinajstić information content (AvgIpc) is 2.94. The number of nitrogens with zero attached hydrogens (tertiary/aromatic N) is 3. The second-order valence-corrected chi connectivity index (χ2v) is 6.61. The third kappa shape index (κ3) is 5.06. The van der Waals surface area contributed by atoms with E-state index in [1.807, 2.05) is 25.7 Å². The van der Waals surface area contributed by atoms with Crippen molar-refractivity contribution in [3.63, 3.8) is 0 Å². The van der Waals surface area contributed by atoms with Crippen LogP contribution in [-0.2, 0) is 11.3 Å². The van der Waals surface area contributed by atoms with Crippen LogP contribution < -0.4 is 10.1 Å². The molecule has 1 N–H and O–H groups in total. The Kier molecular flexibility index (Phi) is 5.76. The Morgan fingerprint density at radius 2 is 2.13 bits per heavy atom. The molecule has 1 amide bonds. The highest BCUT2D eigenvalue weighted by Gasteiger charge is 2.31. The first-order valence-electron chi connectivity index (χ1n) is 7.95. The minimum absolute atomic E-state index is 0.146. The van der Waals surface area contributed by atoms with Crippen molar-refractivity contribution in [1.29, 1.82) is 0 Å². The van der Waals surface area contributed by atoms with E-state index in [2.05, 4.69) is 15.3 Å². The van der Waals surface area contributed by atoms with Crippen LogP contribution in [0.5, 0.6) is 5.88 Å². The molecule has 1 aromatic heterocycles. The van der Waals surface area contributed by atoms with E-state index in [1.54, 1.807) is 19.5 Å². The third-order valence-electron chi connectivity index (χ3n) is 3.61. The second kappa shape index (κ2) is 7.59. The molecule has 0 radical (unpaired) electrons. The highest BCUT2D eigenvalue weighted by atomic mass is 16.6. The molecular weight excluding hydrogens is 296 g/mol. The van der Waals surface area contributed by atoms with E-state index in [1.165, 1.54) is 0 Å². The number of nitrogens with one attached hydrogen (secondary N) is 1. The van der Waals surface area contributed by atoms with Gasteiger partial charge in [0, 0.05) is 38.1 Å². The average molecular weight is 322 g/mol. The molecule has 7 nitrogen and oxygen atoms in total. The SMILES string of the molecule is COc1nccnc1CNCC1CCCN1C(=O)OC(C)(C)C. The van der Waals surface area contributed by atoms with E-state index in [0.717, 1.165) is 25.1 Å². The van der Waals surface area contributed by atoms with Crippen molar-refractivity contribution in [3.8, 4) is 5.88 Å². The summed E-state index contributed by atoms with van der Waals surface area (Å²) in [6.45, 7) is 7.64. The highest BCUT2D eigenvalue weighted by Crippen LogP contribution is 2.20. The van der Waals surface area contributed by atoms with Gasteiger partial charge < -0.3 is 19.7 Å². The first kappa shape index (κ1) is 17.5. The molecule has 1 aromatic rings. The maximum atomic E-state index is 12.2.